The van der Waals surface area contributed by atoms with Gasteiger partial charge in [-0.2, -0.15) is 0 Å². The van der Waals surface area contributed by atoms with E-state index in [0.29, 0.717) is 6.61 Å². The molecule has 1 unspecified atom stereocenters. The highest BCUT2D eigenvalue weighted by atomic mass is 16.6. The van der Waals surface area contributed by atoms with Crippen molar-refractivity contribution in [1.29, 1.82) is 0 Å². The van der Waals surface area contributed by atoms with Gasteiger partial charge in [0.05, 0.1) is 12.9 Å². The quantitative estimate of drug-likeness (QED) is 0.524. The number of nitrogens with one attached hydrogen (secondary N) is 1. The predicted molar refractivity (Wildman–Crippen MR) is 36.4 cm³/mol. The van der Waals surface area contributed by atoms with Gasteiger partial charge >= 0.3 is 0 Å². The highest BCUT2D eigenvalue weighted by Gasteiger charge is 2.39. The van der Waals surface area contributed by atoms with Gasteiger partial charge in [0, 0.05) is 19.2 Å². The van der Waals surface area contributed by atoms with E-state index in [0.717, 1.165) is 19.6 Å². The van der Waals surface area contributed by atoms with Gasteiger partial charge in [-0.25, -0.2) is 0 Å². The van der Waals surface area contributed by atoms with Crippen molar-refractivity contribution in [3.05, 3.63) is 12.5 Å². The molecule has 1 N–H and O–H groups in total. The fraction of sp³-hybridized carbons (Fsp3) is 0.714. The first-order valence-corrected chi connectivity index (χ1v) is 3.55. The number of hydrogen-bond acceptors (Lipinski definition) is 3. The zero-order valence-electron chi connectivity index (χ0n) is 5.80. The molecule has 2 heterocycles. The van der Waals surface area contributed by atoms with E-state index >= 15 is 0 Å². The van der Waals surface area contributed by atoms with Crippen LogP contribution in [0.3, 0.4) is 0 Å². The zero-order chi connectivity index (χ0) is 6.86. The molecule has 1 fully saturated rings. The second kappa shape index (κ2) is 2.16. The smallest absolute Gasteiger partial charge is 0.121 e. The summed E-state index contributed by atoms with van der Waals surface area (Å²) in [5, 5.41) is 3.11. The van der Waals surface area contributed by atoms with E-state index in [-0.39, 0.29) is 5.60 Å². The van der Waals surface area contributed by atoms with Gasteiger partial charge in [0.15, 0.2) is 0 Å². The minimum absolute atomic E-state index is 0.0104. The molecule has 2 aliphatic rings. The molecule has 0 bridgehead atoms. The molecule has 2 aliphatic heterocycles. The van der Waals surface area contributed by atoms with Gasteiger partial charge in [0.25, 0.3) is 0 Å². The van der Waals surface area contributed by atoms with Crippen LogP contribution >= 0.6 is 0 Å². The van der Waals surface area contributed by atoms with E-state index in [1.165, 1.54) is 0 Å². The minimum atomic E-state index is -0.0104. The molecule has 0 radical (unpaired) electrons. The van der Waals surface area contributed by atoms with Crippen molar-refractivity contribution in [3.63, 3.8) is 0 Å². The first kappa shape index (κ1) is 6.04. The number of hydrogen-bond donors (Lipinski definition) is 1. The molecule has 0 saturated carbocycles. The second-order valence-electron chi connectivity index (χ2n) is 2.78. The van der Waals surface area contributed by atoms with Crippen molar-refractivity contribution in [2.45, 2.75) is 12.0 Å². The van der Waals surface area contributed by atoms with Gasteiger partial charge in [0.2, 0.25) is 0 Å². The van der Waals surface area contributed by atoms with Crippen LogP contribution in [0.15, 0.2) is 12.5 Å². The third-order valence-corrected chi connectivity index (χ3v) is 2.02. The summed E-state index contributed by atoms with van der Waals surface area (Å²) in [5.74, 6) is 0. The van der Waals surface area contributed by atoms with Crippen LogP contribution in [-0.2, 0) is 9.47 Å². The summed E-state index contributed by atoms with van der Waals surface area (Å²) in [6.45, 7) is 2.45. The summed E-state index contributed by atoms with van der Waals surface area (Å²) < 4.78 is 10.6. The van der Waals surface area contributed by atoms with Crippen LogP contribution in [0.2, 0.25) is 0 Å². The van der Waals surface area contributed by atoms with Crippen molar-refractivity contribution in [3.8, 4) is 0 Å². The van der Waals surface area contributed by atoms with Crippen molar-refractivity contribution in [1.82, 2.24) is 5.32 Å². The molecule has 0 amide bonds. The Hall–Kier alpha value is -0.700. The molecule has 0 aromatic rings. The molecule has 0 aromatic heterocycles. The maximum atomic E-state index is 5.41. The summed E-state index contributed by atoms with van der Waals surface area (Å²) in [7, 11) is 0. The van der Waals surface area contributed by atoms with Gasteiger partial charge in [0.1, 0.15) is 12.2 Å². The van der Waals surface area contributed by atoms with E-state index in [2.05, 4.69) is 5.32 Å². The average molecular weight is 141 g/mol. The maximum Gasteiger partial charge on any atom is 0.121 e. The average Bonchev–Trinajstić information content (AvgIpc) is 2.08. The maximum absolute atomic E-state index is 5.41. The lowest BCUT2D eigenvalue weighted by Gasteiger charge is -2.40. The minimum Gasteiger partial charge on any atom is -0.497 e. The van der Waals surface area contributed by atoms with Crippen molar-refractivity contribution < 1.29 is 9.47 Å². The van der Waals surface area contributed by atoms with Crippen molar-refractivity contribution >= 4 is 0 Å². The second-order valence-corrected chi connectivity index (χ2v) is 2.78. The van der Waals surface area contributed by atoms with Gasteiger partial charge in [-0.1, -0.05) is 0 Å². The van der Waals surface area contributed by atoms with E-state index in [9.17, 15) is 0 Å². The predicted octanol–water partition coefficient (Wildman–Crippen LogP) is 0.236. The topological polar surface area (TPSA) is 30.5 Å². The van der Waals surface area contributed by atoms with Crippen LogP contribution in [0.4, 0.5) is 0 Å². The van der Waals surface area contributed by atoms with Gasteiger partial charge in [-0.3, -0.25) is 0 Å². The molecular weight excluding hydrogens is 130 g/mol. The fourth-order valence-electron chi connectivity index (χ4n) is 1.24. The van der Waals surface area contributed by atoms with E-state index in [1.54, 1.807) is 6.26 Å². The summed E-state index contributed by atoms with van der Waals surface area (Å²) in [6, 6.07) is 0. The Morgan fingerprint density at radius 3 is 3.10 bits per heavy atom. The van der Waals surface area contributed by atoms with Crippen molar-refractivity contribution in [2.75, 3.05) is 19.8 Å². The van der Waals surface area contributed by atoms with Crippen LogP contribution in [-0.4, -0.2) is 25.4 Å². The van der Waals surface area contributed by atoms with E-state index in [1.807, 2.05) is 6.20 Å². The Balaban J connectivity index is 1.97. The molecule has 0 aliphatic carbocycles. The fourth-order valence-corrected chi connectivity index (χ4v) is 1.24. The molecule has 1 atom stereocenters. The Morgan fingerprint density at radius 2 is 2.40 bits per heavy atom. The molecule has 3 nitrogen and oxygen atoms in total. The van der Waals surface area contributed by atoms with Crippen LogP contribution in [0, 0.1) is 0 Å². The van der Waals surface area contributed by atoms with Gasteiger partial charge in [-0.15, -0.1) is 0 Å². The van der Waals surface area contributed by atoms with Crippen LogP contribution in [0.5, 0.6) is 0 Å². The molecule has 2 rings (SSSR count). The molecule has 1 saturated heterocycles. The van der Waals surface area contributed by atoms with E-state index in [4.69, 9.17) is 9.47 Å². The monoisotopic (exact) mass is 141 g/mol. The lowest BCUT2D eigenvalue weighted by molar-refractivity contribution is -0.164. The van der Waals surface area contributed by atoms with Crippen molar-refractivity contribution in [2.24, 2.45) is 0 Å². The first-order valence-electron chi connectivity index (χ1n) is 3.55. The Kier molecular flexibility index (Phi) is 1.31. The molecular formula is C7H11NO2. The molecule has 10 heavy (non-hydrogen) atoms. The van der Waals surface area contributed by atoms with Gasteiger partial charge in [-0.05, 0) is 0 Å². The molecule has 56 valence electrons. The van der Waals surface area contributed by atoms with E-state index < -0.39 is 0 Å². The summed E-state index contributed by atoms with van der Waals surface area (Å²) in [4.78, 5) is 0. The number of ether oxygens (including phenoxy) is 2. The summed E-state index contributed by atoms with van der Waals surface area (Å²) >= 11 is 0. The standard InChI is InChI=1S/C7H11NO2/c1-3-10-7(1)5-8-2-4-9-6-7/h2,4,8H,1,3,5-6H2. The molecule has 1 spiro atoms. The lowest BCUT2D eigenvalue weighted by Crippen LogP contribution is -2.52. The SMILES string of the molecule is C1=COCC2(CCO2)CN1. The first-order chi connectivity index (χ1) is 4.91. The normalized spacial score (nSPS) is 37.6. The third-order valence-electron chi connectivity index (χ3n) is 2.02. The lowest BCUT2D eigenvalue weighted by atomic mass is 9.96. The highest BCUT2D eigenvalue weighted by molar-refractivity contribution is 4.94. The summed E-state index contributed by atoms with van der Waals surface area (Å²) in [5.41, 5.74) is -0.0104. The summed E-state index contributed by atoms with van der Waals surface area (Å²) in [6.07, 6.45) is 4.61. The zero-order valence-corrected chi connectivity index (χ0v) is 5.80. The van der Waals surface area contributed by atoms with Crippen LogP contribution < -0.4 is 5.32 Å². The van der Waals surface area contributed by atoms with Crippen LogP contribution in [0.25, 0.3) is 0 Å². The Labute approximate surface area is 60.0 Å². The number of rotatable bonds is 0. The Morgan fingerprint density at radius 1 is 1.50 bits per heavy atom. The largest absolute Gasteiger partial charge is 0.497 e. The van der Waals surface area contributed by atoms with Crippen LogP contribution in [0.1, 0.15) is 6.42 Å². The van der Waals surface area contributed by atoms with Gasteiger partial charge < -0.3 is 14.8 Å². The highest BCUT2D eigenvalue weighted by Crippen LogP contribution is 2.26. The Bertz CT molecular complexity index is 140. The molecule has 3 heteroatoms. The molecule has 0 aromatic carbocycles. The third kappa shape index (κ3) is 0.865.